The normalized spacial score (nSPS) is 16.9. The average Bonchev–Trinajstić information content (AvgIpc) is 2.90. The zero-order valence-corrected chi connectivity index (χ0v) is 16.8. The molecule has 1 heterocycles. The van der Waals surface area contributed by atoms with Crippen molar-refractivity contribution < 1.29 is 22.7 Å². The number of carbonyl (C=O) groups is 2. The number of nitrogens with zero attached hydrogens (tertiary/aromatic N) is 1. The number of halogens is 2. The number of aliphatic imine (C=N–C) groups is 1. The monoisotopic (exact) mass is 440 g/mol. The lowest BCUT2D eigenvalue weighted by atomic mass is 10.1. The Bertz CT molecular complexity index is 1100. The quantitative estimate of drug-likeness (QED) is 0.568. The number of fused-ring (bicyclic) bond motifs is 1. The van der Waals surface area contributed by atoms with Crippen LogP contribution >= 0.6 is 23.2 Å². The fourth-order valence-corrected chi connectivity index (χ4v) is 4.28. The first kappa shape index (κ1) is 20.3. The van der Waals surface area contributed by atoms with E-state index in [1.165, 1.54) is 31.2 Å². The first-order valence-electron chi connectivity index (χ1n) is 8.04. The van der Waals surface area contributed by atoms with Gasteiger partial charge in [-0.3, -0.25) is 14.5 Å². The molecule has 146 valence electrons. The van der Waals surface area contributed by atoms with Crippen LogP contribution in [0.25, 0.3) is 0 Å². The van der Waals surface area contributed by atoms with E-state index in [0.717, 1.165) is 0 Å². The Balaban J connectivity index is 1.69. The van der Waals surface area contributed by atoms with Crippen molar-refractivity contribution in [2.45, 2.75) is 17.9 Å². The number of hydrogen-bond acceptors (Lipinski definition) is 6. The number of Topliss-reactive ketones (excluding diaryl/α,β-unsaturated/α-hetero) is 1. The second kappa shape index (κ2) is 7.90. The highest BCUT2D eigenvalue weighted by molar-refractivity contribution is 7.90. The van der Waals surface area contributed by atoms with E-state index in [-0.39, 0.29) is 21.3 Å². The molecular weight excluding hydrogens is 427 g/mol. The van der Waals surface area contributed by atoms with Crippen LogP contribution in [0.5, 0.6) is 0 Å². The zero-order chi connectivity index (χ0) is 20.5. The van der Waals surface area contributed by atoms with Crippen LogP contribution in [0.15, 0.2) is 52.4 Å². The summed E-state index contributed by atoms with van der Waals surface area (Å²) in [5.74, 6) is -1.23. The maximum atomic E-state index is 12.2. The summed E-state index contributed by atoms with van der Waals surface area (Å²) in [7, 11) is -3.71. The van der Waals surface area contributed by atoms with Gasteiger partial charge in [-0.05, 0) is 37.3 Å². The van der Waals surface area contributed by atoms with E-state index in [4.69, 9.17) is 27.9 Å². The lowest BCUT2D eigenvalue weighted by molar-refractivity contribution is -0.143. The molecule has 2 aromatic rings. The molecule has 7 nitrogen and oxygen atoms in total. The van der Waals surface area contributed by atoms with Crippen molar-refractivity contribution in [3.63, 3.8) is 0 Å². The minimum atomic E-state index is -3.71. The van der Waals surface area contributed by atoms with Crippen molar-refractivity contribution in [3.8, 4) is 0 Å². The molecule has 1 aliphatic rings. The van der Waals surface area contributed by atoms with Crippen LogP contribution in [0.3, 0.4) is 0 Å². The van der Waals surface area contributed by atoms with E-state index < -0.39 is 34.4 Å². The van der Waals surface area contributed by atoms with Crippen molar-refractivity contribution >= 4 is 50.8 Å². The summed E-state index contributed by atoms with van der Waals surface area (Å²) < 4.78 is 31.4. The van der Waals surface area contributed by atoms with E-state index >= 15 is 0 Å². The summed E-state index contributed by atoms with van der Waals surface area (Å²) in [6.07, 6.45) is 0. The molecule has 1 aliphatic heterocycles. The number of hydrogen-bond donors (Lipinski definition) is 1. The van der Waals surface area contributed by atoms with Crippen LogP contribution in [0, 0.1) is 0 Å². The van der Waals surface area contributed by atoms with Crippen LogP contribution in [0.4, 0.5) is 0 Å². The molecule has 1 N–H and O–H groups in total. The molecule has 0 saturated heterocycles. The van der Waals surface area contributed by atoms with Crippen molar-refractivity contribution in [1.82, 2.24) is 4.72 Å². The predicted octanol–water partition coefficient (Wildman–Crippen LogP) is 2.85. The van der Waals surface area contributed by atoms with Crippen LogP contribution in [0.1, 0.15) is 22.8 Å². The number of ketones is 1. The van der Waals surface area contributed by atoms with E-state index in [9.17, 15) is 18.0 Å². The largest absolute Gasteiger partial charge is 0.456 e. The maximum Gasteiger partial charge on any atom is 0.331 e. The molecule has 0 saturated carbocycles. The molecule has 1 atom stereocenters. The van der Waals surface area contributed by atoms with Gasteiger partial charge in [0.2, 0.25) is 5.78 Å². The standard InChI is InChI=1S/C18H14Cl2N2O5S/c1-10(21-17-13-4-2-3-5-16(13)28(25,26)22-17)18(24)27-9-15(23)12-7-6-11(19)8-14(12)20/h2-8,10H,9H2,1H3,(H,21,22). The Morgan fingerprint density at radius 3 is 2.61 bits per heavy atom. The maximum absolute atomic E-state index is 12.2. The molecule has 0 bridgehead atoms. The number of benzene rings is 2. The first-order valence-corrected chi connectivity index (χ1v) is 10.3. The highest BCUT2D eigenvalue weighted by Gasteiger charge is 2.31. The van der Waals surface area contributed by atoms with Crippen molar-refractivity contribution in [3.05, 3.63) is 63.6 Å². The third-order valence-electron chi connectivity index (χ3n) is 3.90. The molecule has 0 aromatic heterocycles. The van der Waals surface area contributed by atoms with Gasteiger partial charge in [-0.25, -0.2) is 13.2 Å². The van der Waals surface area contributed by atoms with Gasteiger partial charge >= 0.3 is 5.97 Å². The molecule has 0 amide bonds. The van der Waals surface area contributed by atoms with Crippen LogP contribution in [0.2, 0.25) is 10.0 Å². The fraction of sp³-hybridized carbons (Fsp3) is 0.167. The van der Waals surface area contributed by atoms with E-state index in [0.29, 0.717) is 10.6 Å². The number of sulfonamides is 1. The van der Waals surface area contributed by atoms with Gasteiger partial charge in [0.15, 0.2) is 6.61 Å². The summed E-state index contributed by atoms with van der Waals surface area (Å²) >= 11 is 11.7. The molecule has 0 fully saturated rings. The summed E-state index contributed by atoms with van der Waals surface area (Å²) in [4.78, 5) is 28.5. The van der Waals surface area contributed by atoms with Gasteiger partial charge in [-0.2, -0.15) is 0 Å². The molecular formula is C18H14Cl2N2O5S. The predicted molar refractivity (Wildman–Crippen MR) is 105 cm³/mol. The number of ether oxygens (including phenoxy) is 1. The van der Waals surface area contributed by atoms with Crippen LogP contribution in [-0.2, 0) is 19.6 Å². The molecule has 0 radical (unpaired) electrons. The topological polar surface area (TPSA) is 102 Å². The lowest BCUT2D eigenvalue weighted by Gasteiger charge is -2.09. The summed E-state index contributed by atoms with van der Waals surface area (Å²) in [5, 5.41) is 0.529. The van der Waals surface area contributed by atoms with Gasteiger partial charge in [0, 0.05) is 16.1 Å². The SMILES string of the molecule is CC(N=C1NS(=O)(=O)c2ccccc21)C(=O)OCC(=O)c1ccc(Cl)cc1Cl. The Morgan fingerprint density at radius 2 is 1.89 bits per heavy atom. The lowest BCUT2D eigenvalue weighted by Crippen LogP contribution is -2.27. The Kier molecular flexibility index (Phi) is 5.74. The summed E-state index contributed by atoms with van der Waals surface area (Å²) in [6.45, 7) is 0.905. The van der Waals surface area contributed by atoms with Gasteiger partial charge in [0.1, 0.15) is 11.9 Å². The fourth-order valence-electron chi connectivity index (χ4n) is 2.53. The number of esters is 1. The minimum absolute atomic E-state index is 0.0483. The Labute approximate surface area is 171 Å². The van der Waals surface area contributed by atoms with Gasteiger partial charge in [0.05, 0.1) is 9.92 Å². The van der Waals surface area contributed by atoms with Gasteiger partial charge in [-0.15, -0.1) is 0 Å². The molecule has 1 unspecified atom stereocenters. The van der Waals surface area contributed by atoms with Crippen molar-refractivity contribution in [2.24, 2.45) is 4.99 Å². The molecule has 2 aromatic carbocycles. The Hall–Kier alpha value is -2.42. The first-order chi connectivity index (χ1) is 13.2. The number of amidine groups is 1. The number of nitrogens with one attached hydrogen (secondary N) is 1. The summed E-state index contributed by atoms with van der Waals surface area (Å²) in [5.41, 5.74) is 0.543. The van der Waals surface area contributed by atoms with Crippen molar-refractivity contribution in [1.29, 1.82) is 0 Å². The second-order valence-corrected chi connectivity index (χ2v) is 8.40. The van der Waals surface area contributed by atoms with Gasteiger partial charge < -0.3 is 4.74 Å². The Morgan fingerprint density at radius 1 is 1.18 bits per heavy atom. The molecule has 0 spiro atoms. The molecule has 28 heavy (non-hydrogen) atoms. The van der Waals surface area contributed by atoms with Crippen LogP contribution < -0.4 is 4.72 Å². The van der Waals surface area contributed by atoms with Crippen molar-refractivity contribution in [2.75, 3.05) is 6.61 Å². The molecule has 10 heteroatoms. The highest BCUT2D eigenvalue weighted by Crippen LogP contribution is 2.23. The minimum Gasteiger partial charge on any atom is -0.456 e. The third-order valence-corrected chi connectivity index (χ3v) is 5.85. The van der Waals surface area contributed by atoms with E-state index in [2.05, 4.69) is 9.71 Å². The van der Waals surface area contributed by atoms with Gasteiger partial charge in [0.25, 0.3) is 10.0 Å². The zero-order valence-electron chi connectivity index (χ0n) is 14.5. The van der Waals surface area contributed by atoms with Crippen LogP contribution in [-0.4, -0.2) is 38.7 Å². The number of rotatable bonds is 5. The van der Waals surface area contributed by atoms with E-state index in [1.54, 1.807) is 18.2 Å². The smallest absolute Gasteiger partial charge is 0.331 e. The third kappa shape index (κ3) is 4.19. The van der Waals surface area contributed by atoms with E-state index in [1.807, 2.05) is 0 Å². The average molecular weight is 441 g/mol. The summed E-state index contributed by atoms with van der Waals surface area (Å²) in [6, 6.07) is 9.59. The van der Waals surface area contributed by atoms with Gasteiger partial charge in [-0.1, -0.05) is 35.3 Å². The highest BCUT2D eigenvalue weighted by atomic mass is 35.5. The second-order valence-electron chi connectivity index (χ2n) is 5.91. The molecule has 3 rings (SSSR count). The molecule has 0 aliphatic carbocycles. The number of carbonyl (C=O) groups excluding carboxylic acids is 2.